The summed E-state index contributed by atoms with van der Waals surface area (Å²) in [6.07, 6.45) is 0.421. The van der Waals surface area contributed by atoms with Crippen LogP contribution in [0.1, 0.15) is 17.2 Å². The van der Waals surface area contributed by atoms with Gasteiger partial charge in [0.05, 0.1) is 0 Å². The van der Waals surface area contributed by atoms with Crippen LogP contribution < -0.4 is 0 Å². The van der Waals surface area contributed by atoms with Crippen LogP contribution in [0.3, 0.4) is 0 Å². The van der Waals surface area contributed by atoms with Crippen LogP contribution in [0.4, 0.5) is 0 Å². The monoisotopic (exact) mass is 267 g/mol. The third kappa shape index (κ3) is 2.73. The first-order valence-electron chi connectivity index (χ1n) is 6.84. The van der Waals surface area contributed by atoms with E-state index < -0.39 is 6.10 Å². The fraction of sp³-hybridized carbons (Fsp3) is 0.235. The van der Waals surface area contributed by atoms with Gasteiger partial charge < -0.3 is 9.64 Å². The average molecular weight is 267 g/mol. The van der Waals surface area contributed by atoms with Crippen LogP contribution in [0.2, 0.25) is 0 Å². The summed E-state index contributed by atoms with van der Waals surface area (Å²) < 4.78 is 5.63. The molecular weight excluding hydrogens is 250 g/mol. The molecule has 20 heavy (non-hydrogen) atoms. The summed E-state index contributed by atoms with van der Waals surface area (Å²) >= 11 is 0. The molecule has 0 radical (unpaired) electrons. The predicted molar refractivity (Wildman–Crippen MR) is 77.0 cm³/mol. The maximum Gasteiger partial charge on any atom is 0.258 e. The highest BCUT2D eigenvalue weighted by Crippen LogP contribution is 2.25. The van der Waals surface area contributed by atoms with E-state index in [0.29, 0.717) is 13.3 Å². The SMILES string of the molecule is O=C1C(c2ccccc2)OCN1CCc1ccccc1. The molecule has 2 aromatic carbocycles. The second kappa shape index (κ2) is 5.88. The van der Waals surface area contributed by atoms with Crippen molar-refractivity contribution in [1.82, 2.24) is 4.90 Å². The normalized spacial score (nSPS) is 18.5. The van der Waals surface area contributed by atoms with Gasteiger partial charge in [-0.15, -0.1) is 0 Å². The first kappa shape index (κ1) is 12.9. The molecule has 1 amide bonds. The molecule has 1 heterocycles. The Morgan fingerprint density at radius 1 is 1.00 bits per heavy atom. The molecule has 3 rings (SSSR count). The fourth-order valence-corrected chi connectivity index (χ4v) is 2.42. The van der Waals surface area contributed by atoms with E-state index in [1.54, 1.807) is 4.90 Å². The van der Waals surface area contributed by atoms with Gasteiger partial charge in [0, 0.05) is 6.54 Å². The minimum absolute atomic E-state index is 0.0622. The Morgan fingerprint density at radius 2 is 1.65 bits per heavy atom. The lowest BCUT2D eigenvalue weighted by Gasteiger charge is -2.14. The van der Waals surface area contributed by atoms with Crippen molar-refractivity contribution in [3.05, 3.63) is 71.8 Å². The van der Waals surface area contributed by atoms with Gasteiger partial charge in [-0.05, 0) is 17.5 Å². The van der Waals surface area contributed by atoms with Gasteiger partial charge in [-0.25, -0.2) is 0 Å². The largest absolute Gasteiger partial charge is 0.343 e. The highest BCUT2D eigenvalue weighted by atomic mass is 16.5. The quantitative estimate of drug-likeness (QED) is 0.852. The summed E-state index contributed by atoms with van der Waals surface area (Å²) in [6.45, 7) is 1.08. The van der Waals surface area contributed by atoms with Gasteiger partial charge in [-0.2, -0.15) is 0 Å². The topological polar surface area (TPSA) is 29.5 Å². The first-order valence-corrected chi connectivity index (χ1v) is 6.84. The maximum absolute atomic E-state index is 12.3. The van der Waals surface area contributed by atoms with Crippen molar-refractivity contribution in [2.24, 2.45) is 0 Å². The van der Waals surface area contributed by atoms with E-state index in [4.69, 9.17) is 4.74 Å². The van der Waals surface area contributed by atoms with Crippen LogP contribution in [-0.4, -0.2) is 24.1 Å². The molecule has 1 unspecified atom stereocenters. The summed E-state index contributed by atoms with van der Waals surface area (Å²) in [4.78, 5) is 14.1. The molecular formula is C17H17NO2. The molecule has 0 spiro atoms. The second-order valence-corrected chi connectivity index (χ2v) is 4.92. The number of nitrogens with zero attached hydrogens (tertiary/aromatic N) is 1. The number of carbonyl (C=O) groups excluding carboxylic acids is 1. The molecule has 3 heteroatoms. The lowest BCUT2D eigenvalue weighted by Crippen LogP contribution is -2.28. The van der Waals surface area contributed by atoms with Crippen LogP contribution in [0.5, 0.6) is 0 Å². The van der Waals surface area contributed by atoms with Gasteiger partial charge in [-0.3, -0.25) is 4.79 Å². The molecule has 1 atom stereocenters. The first-order chi connectivity index (χ1) is 9.84. The Morgan fingerprint density at radius 3 is 2.35 bits per heavy atom. The minimum atomic E-state index is -0.438. The molecule has 0 saturated carbocycles. The fourth-order valence-electron chi connectivity index (χ4n) is 2.42. The van der Waals surface area contributed by atoms with Crippen molar-refractivity contribution < 1.29 is 9.53 Å². The van der Waals surface area contributed by atoms with Crippen molar-refractivity contribution in [3.8, 4) is 0 Å². The Hall–Kier alpha value is -2.13. The number of hydrogen-bond acceptors (Lipinski definition) is 2. The molecule has 1 fully saturated rings. The van der Waals surface area contributed by atoms with Gasteiger partial charge in [0.1, 0.15) is 6.73 Å². The summed E-state index contributed by atoms with van der Waals surface area (Å²) in [5.41, 5.74) is 2.17. The van der Waals surface area contributed by atoms with Crippen LogP contribution in [0, 0.1) is 0 Å². The number of carbonyl (C=O) groups is 1. The van der Waals surface area contributed by atoms with E-state index in [0.717, 1.165) is 12.0 Å². The van der Waals surface area contributed by atoms with Gasteiger partial charge in [0.15, 0.2) is 6.10 Å². The van der Waals surface area contributed by atoms with E-state index in [9.17, 15) is 4.79 Å². The second-order valence-electron chi connectivity index (χ2n) is 4.92. The lowest BCUT2D eigenvalue weighted by atomic mass is 10.1. The summed E-state index contributed by atoms with van der Waals surface area (Å²) in [7, 11) is 0. The van der Waals surface area contributed by atoms with E-state index in [-0.39, 0.29) is 5.91 Å². The Balaban J connectivity index is 1.62. The highest BCUT2D eigenvalue weighted by molar-refractivity contribution is 5.83. The van der Waals surface area contributed by atoms with Crippen LogP contribution >= 0.6 is 0 Å². The van der Waals surface area contributed by atoms with Crippen molar-refractivity contribution in [1.29, 1.82) is 0 Å². The number of benzene rings is 2. The molecule has 0 aliphatic carbocycles. The van der Waals surface area contributed by atoms with E-state index >= 15 is 0 Å². The predicted octanol–water partition coefficient (Wildman–Crippen LogP) is 2.79. The van der Waals surface area contributed by atoms with Gasteiger partial charge in [-0.1, -0.05) is 60.7 Å². The van der Waals surface area contributed by atoms with Crippen molar-refractivity contribution in [2.75, 3.05) is 13.3 Å². The molecule has 0 N–H and O–H groups in total. The summed E-state index contributed by atoms with van der Waals surface area (Å²) in [5, 5.41) is 0. The standard InChI is InChI=1S/C17H17NO2/c19-17-16(15-9-5-2-6-10-15)20-13-18(17)12-11-14-7-3-1-4-8-14/h1-10,16H,11-13H2. The molecule has 2 aromatic rings. The number of ether oxygens (including phenoxy) is 1. The number of hydrogen-bond donors (Lipinski definition) is 0. The molecule has 1 saturated heterocycles. The van der Waals surface area contributed by atoms with Gasteiger partial charge in [0.25, 0.3) is 5.91 Å². The third-order valence-electron chi connectivity index (χ3n) is 3.55. The van der Waals surface area contributed by atoms with E-state index in [2.05, 4.69) is 12.1 Å². The van der Waals surface area contributed by atoms with Crippen LogP contribution in [0.15, 0.2) is 60.7 Å². The van der Waals surface area contributed by atoms with Gasteiger partial charge in [0.2, 0.25) is 0 Å². The van der Waals surface area contributed by atoms with Gasteiger partial charge >= 0.3 is 0 Å². The molecule has 102 valence electrons. The smallest absolute Gasteiger partial charge is 0.258 e. The zero-order chi connectivity index (χ0) is 13.8. The van der Waals surface area contributed by atoms with Crippen molar-refractivity contribution in [2.45, 2.75) is 12.5 Å². The van der Waals surface area contributed by atoms with Crippen LogP contribution in [-0.2, 0) is 16.0 Å². The van der Waals surface area contributed by atoms with Crippen molar-refractivity contribution >= 4 is 5.91 Å². The molecule has 0 aromatic heterocycles. The Labute approximate surface area is 118 Å². The van der Waals surface area contributed by atoms with Crippen LogP contribution in [0.25, 0.3) is 0 Å². The molecule has 0 bridgehead atoms. The van der Waals surface area contributed by atoms with E-state index in [1.807, 2.05) is 48.5 Å². The third-order valence-corrected chi connectivity index (χ3v) is 3.55. The minimum Gasteiger partial charge on any atom is -0.343 e. The molecule has 1 aliphatic rings. The summed E-state index contributed by atoms with van der Waals surface area (Å²) in [6, 6.07) is 19.9. The maximum atomic E-state index is 12.3. The molecule has 1 aliphatic heterocycles. The lowest BCUT2D eigenvalue weighted by molar-refractivity contribution is -0.130. The number of rotatable bonds is 4. The average Bonchev–Trinajstić information content (AvgIpc) is 2.88. The van der Waals surface area contributed by atoms with Crippen molar-refractivity contribution in [3.63, 3.8) is 0 Å². The Kier molecular flexibility index (Phi) is 3.79. The number of amides is 1. The summed E-state index contributed by atoms with van der Waals surface area (Å²) in [5.74, 6) is 0.0622. The highest BCUT2D eigenvalue weighted by Gasteiger charge is 2.33. The Bertz CT molecular complexity index is 568. The molecule has 3 nitrogen and oxygen atoms in total. The zero-order valence-electron chi connectivity index (χ0n) is 11.2. The van der Waals surface area contributed by atoms with E-state index in [1.165, 1.54) is 5.56 Å². The zero-order valence-corrected chi connectivity index (χ0v) is 11.2.